The third-order valence-electron chi connectivity index (χ3n) is 8.16. The number of amides is 2. The molecule has 3 aliphatic rings. The summed E-state index contributed by atoms with van der Waals surface area (Å²) < 4.78 is 45.1. The Morgan fingerprint density at radius 2 is 1.89 bits per heavy atom. The number of carbonyl (C=O) groups is 2. The van der Waals surface area contributed by atoms with E-state index in [0.29, 0.717) is 28.7 Å². The van der Waals surface area contributed by atoms with Crippen LogP contribution in [0, 0.1) is 11.8 Å². The minimum absolute atomic E-state index is 0. The zero-order chi connectivity index (χ0) is 29.7. The predicted molar refractivity (Wildman–Crippen MR) is 161 cm³/mol. The molecule has 0 radical (unpaired) electrons. The predicted octanol–water partition coefficient (Wildman–Crippen LogP) is 5.15. The number of hydrogen-bond acceptors (Lipinski definition) is 6. The lowest BCUT2D eigenvalue weighted by Gasteiger charge is -2.27. The molecule has 2 aromatic heterocycles. The summed E-state index contributed by atoms with van der Waals surface area (Å²) >= 11 is 1.20. The number of thiazole rings is 1. The number of fused-ring (bicyclic) bond motifs is 2. The number of nitrogens with zero attached hydrogens (tertiary/aromatic N) is 4. The van der Waals surface area contributed by atoms with Gasteiger partial charge in [0.25, 0.3) is 11.8 Å². The van der Waals surface area contributed by atoms with Gasteiger partial charge in [0.2, 0.25) is 0 Å². The summed E-state index contributed by atoms with van der Waals surface area (Å²) in [6.45, 7) is 2.17. The van der Waals surface area contributed by atoms with Crippen molar-refractivity contribution in [2.75, 3.05) is 18.4 Å². The Bertz CT molecular complexity index is 1790. The third kappa shape index (κ3) is 5.47. The monoisotopic (exact) mass is 638 g/mol. The molecule has 2 N–H and O–H groups in total. The molecule has 1 saturated heterocycles. The lowest BCUT2D eigenvalue weighted by atomic mass is 9.93. The number of imidazole rings is 1. The molecular weight excluding hydrogens is 613 g/mol. The van der Waals surface area contributed by atoms with Gasteiger partial charge in [0, 0.05) is 66.1 Å². The number of halogens is 4. The normalized spacial score (nSPS) is 16.3. The Balaban J connectivity index is 0.00000343. The van der Waals surface area contributed by atoms with Gasteiger partial charge in [0.05, 0.1) is 17.6 Å². The molecule has 226 valence electrons. The van der Waals surface area contributed by atoms with Gasteiger partial charge >= 0.3 is 6.18 Å². The zero-order valence-electron chi connectivity index (χ0n) is 23.1. The van der Waals surface area contributed by atoms with Crippen LogP contribution in [-0.2, 0) is 30.5 Å². The van der Waals surface area contributed by atoms with Crippen molar-refractivity contribution in [3.63, 3.8) is 0 Å². The van der Waals surface area contributed by atoms with Crippen molar-refractivity contribution < 1.29 is 22.8 Å². The van der Waals surface area contributed by atoms with Crippen molar-refractivity contribution >= 4 is 40.7 Å². The van der Waals surface area contributed by atoms with E-state index in [2.05, 4.69) is 32.4 Å². The molecule has 0 bridgehead atoms. The van der Waals surface area contributed by atoms with Crippen LogP contribution >= 0.6 is 23.7 Å². The van der Waals surface area contributed by atoms with Crippen LogP contribution in [0.25, 0.3) is 0 Å². The SMILES string of the molecule is Cl.O=C(Nc1nccs1)C(c1ncn2c1CCC2)N1Cc2c(cc(C#Cc3ccc(C4CNC4)cc3)cc2C(F)(F)F)C1=O. The fourth-order valence-electron chi connectivity index (χ4n) is 5.88. The number of alkyl halides is 3. The van der Waals surface area contributed by atoms with Crippen LogP contribution in [0.1, 0.15) is 67.9 Å². The summed E-state index contributed by atoms with van der Waals surface area (Å²) in [6.07, 6.45) is -0.0960. The fourth-order valence-corrected chi connectivity index (χ4v) is 6.41. The van der Waals surface area contributed by atoms with Gasteiger partial charge in [-0.3, -0.25) is 14.9 Å². The van der Waals surface area contributed by atoms with E-state index >= 15 is 0 Å². The molecule has 1 atom stereocenters. The Morgan fingerprint density at radius 1 is 1.11 bits per heavy atom. The standard InChI is InChI=1S/C31H25F3N6O2S.ClH/c32-31(33,34)24-13-19(4-3-18-5-7-20(8-6-18)21-14-35-15-21)12-22-23(24)16-40(29(22)42)27(28(41)38-30-36-9-11-43-30)26-25-2-1-10-39(25)17-37-26;/h5-9,11-13,17,21,27,35H,1-2,10,14-16H2,(H,36,38,41);1H. The second kappa shape index (κ2) is 11.7. The molecule has 0 spiro atoms. The van der Waals surface area contributed by atoms with Gasteiger partial charge in [0.1, 0.15) is 0 Å². The fraction of sp³-hybridized carbons (Fsp3) is 0.290. The quantitative estimate of drug-likeness (QED) is 0.295. The molecule has 0 saturated carbocycles. The number of aromatic nitrogens is 3. The largest absolute Gasteiger partial charge is 0.416 e. The number of anilines is 1. The first kappa shape index (κ1) is 29.9. The molecule has 8 nitrogen and oxygen atoms in total. The highest BCUT2D eigenvalue weighted by atomic mass is 35.5. The van der Waals surface area contributed by atoms with Gasteiger partial charge in [0.15, 0.2) is 11.2 Å². The van der Waals surface area contributed by atoms with Gasteiger partial charge < -0.3 is 14.8 Å². The van der Waals surface area contributed by atoms with Crippen LogP contribution in [0.3, 0.4) is 0 Å². The third-order valence-corrected chi connectivity index (χ3v) is 8.85. The molecule has 1 fully saturated rings. The van der Waals surface area contributed by atoms with Crippen molar-refractivity contribution in [3.8, 4) is 11.8 Å². The van der Waals surface area contributed by atoms with Crippen LogP contribution in [-0.4, -0.2) is 44.3 Å². The number of aryl methyl sites for hydroxylation is 1. The molecule has 2 aromatic carbocycles. The van der Waals surface area contributed by atoms with Crippen LogP contribution in [0.15, 0.2) is 54.3 Å². The maximum absolute atomic E-state index is 14.4. The highest BCUT2D eigenvalue weighted by Gasteiger charge is 2.45. The Hall–Kier alpha value is -4.18. The molecule has 7 rings (SSSR count). The van der Waals surface area contributed by atoms with Crippen molar-refractivity contribution in [3.05, 3.63) is 99.1 Å². The molecule has 2 amide bonds. The van der Waals surface area contributed by atoms with Gasteiger partial charge in [-0.2, -0.15) is 13.2 Å². The van der Waals surface area contributed by atoms with Gasteiger partial charge in [-0.25, -0.2) is 9.97 Å². The van der Waals surface area contributed by atoms with Gasteiger partial charge in [-0.1, -0.05) is 24.0 Å². The summed E-state index contributed by atoms with van der Waals surface area (Å²) in [7, 11) is 0. The van der Waals surface area contributed by atoms with Gasteiger partial charge in [-0.05, 0) is 48.2 Å². The first-order valence-electron chi connectivity index (χ1n) is 13.9. The van der Waals surface area contributed by atoms with Crippen molar-refractivity contribution in [1.29, 1.82) is 0 Å². The first-order chi connectivity index (χ1) is 20.8. The number of rotatable bonds is 5. The smallest absolute Gasteiger partial charge is 0.334 e. The molecule has 44 heavy (non-hydrogen) atoms. The summed E-state index contributed by atoms with van der Waals surface area (Å²) in [5, 5.41) is 7.95. The summed E-state index contributed by atoms with van der Waals surface area (Å²) in [5.74, 6) is 4.95. The van der Waals surface area contributed by atoms with E-state index in [1.54, 1.807) is 11.7 Å². The van der Waals surface area contributed by atoms with E-state index in [0.717, 1.165) is 37.8 Å². The second-order valence-corrected chi connectivity index (χ2v) is 11.7. The average molecular weight is 639 g/mol. The van der Waals surface area contributed by atoms with E-state index in [-0.39, 0.29) is 29.1 Å². The summed E-state index contributed by atoms with van der Waals surface area (Å²) in [5.41, 5.74) is 1.84. The summed E-state index contributed by atoms with van der Waals surface area (Å²) in [6, 6.07) is 8.78. The van der Waals surface area contributed by atoms with Crippen LogP contribution in [0.5, 0.6) is 0 Å². The highest BCUT2D eigenvalue weighted by molar-refractivity contribution is 7.13. The maximum Gasteiger partial charge on any atom is 0.416 e. The number of carbonyl (C=O) groups excluding carboxylic acids is 2. The van der Waals surface area contributed by atoms with Crippen molar-refractivity contribution in [1.82, 2.24) is 24.8 Å². The van der Waals surface area contributed by atoms with Crippen LogP contribution in [0.2, 0.25) is 0 Å². The second-order valence-electron chi connectivity index (χ2n) is 10.8. The van der Waals surface area contributed by atoms with Crippen LogP contribution < -0.4 is 10.6 Å². The van der Waals surface area contributed by atoms with Crippen LogP contribution in [0.4, 0.5) is 18.3 Å². The molecule has 3 aliphatic heterocycles. The molecule has 0 aliphatic carbocycles. The molecule has 13 heteroatoms. The molecule has 5 heterocycles. The Kier molecular flexibility index (Phi) is 7.96. The highest BCUT2D eigenvalue weighted by Crippen LogP contribution is 2.41. The topological polar surface area (TPSA) is 92.2 Å². The Morgan fingerprint density at radius 3 is 2.57 bits per heavy atom. The van der Waals surface area contributed by atoms with E-state index in [1.165, 1.54) is 34.1 Å². The van der Waals surface area contributed by atoms with Crippen molar-refractivity contribution in [2.24, 2.45) is 0 Å². The molecule has 1 unspecified atom stereocenters. The van der Waals surface area contributed by atoms with E-state index < -0.39 is 36.1 Å². The molecular formula is C31H26ClF3N6O2S. The van der Waals surface area contributed by atoms with E-state index in [1.807, 2.05) is 28.8 Å². The number of benzene rings is 2. The van der Waals surface area contributed by atoms with Crippen molar-refractivity contribution in [2.45, 2.75) is 44.1 Å². The first-order valence-corrected chi connectivity index (χ1v) is 14.8. The minimum Gasteiger partial charge on any atom is -0.334 e. The summed E-state index contributed by atoms with van der Waals surface area (Å²) in [4.78, 5) is 37.2. The van der Waals surface area contributed by atoms with E-state index in [4.69, 9.17) is 0 Å². The minimum atomic E-state index is -4.73. The average Bonchev–Trinajstić information content (AvgIpc) is 3.74. The molecule has 4 aromatic rings. The number of hydrogen-bond donors (Lipinski definition) is 2. The van der Waals surface area contributed by atoms with E-state index in [9.17, 15) is 22.8 Å². The lowest BCUT2D eigenvalue weighted by Crippen LogP contribution is -2.39. The number of nitrogens with one attached hydrogen (secondary N) is 2. The van der Waals surface area contributed by atoms with Gasteiger partial charge in [-0.15, -0.1) is 23.7 Å². The maximum atomic E-state index is 14.4. The lowest BCUT2D eigenvalue weighted by molar-refractivity contribution is -0.138. The Labute approximate surface area is 261 Å². The zero-order valence-corrected chi connectivity index (χ0v) is 24.8.